The first kappa shape index (κ1) is 22.7. The van der Waals surface area contributed by atoms with E-state index in [1.54, 1.807) is 18.6 Å². The monoisotopic (exact) mass is 442 g/mol. The summed E-state index contributed by atoms with van der Waals surface area (Å²) in [7, 11) is 2.09. The van der Waals surface area contributed by atoms with Crippen molar-refractivity contribution in [3.05, 3.63) is 83.7 Å². The molecule has 1 aliphatic rings. The molecule has 4 rings (SSSR count). The maximum absolute atomic E-state index is 13.0. The Kier molecular flexibility index (Phi) is 7.52. The van der Waals surface area contributed by atoms with Gasteiger partial charge < -0.3 is 5.32 Å². The van der Waals surface area contributed by atoms with Crippen molar-refractivity contribution in [1.29, 1.82) is 0 Å². The lowest BCUT2D eigenvalue weighted by Crippen LogP contribution is -2.28. The molecular formula is C26H30N6O. The zero-order valence-corrected chi connectivity index (χ0v) is 19.2. The van der Waals surface area contributed by atoms with Crippen LogP contribution in [0, 0.1) is 12.8 Å². The van der Waals surface area contributed by atoms with Crippen LogP contribution in [0.2, 0.25) is 0 Å². The second kappa shape index (κ2) is 10.9. The smallest absolute Gasteiger partial charge is 0.255 e. The fourth-order valence-corrected chi connectivity index (χ4v) is 4.01. The third-order valence-electron chi connectivity index (χ3n) is 5.76. The van der Waals surface area contributed by atoms with Gasteiger partial charge in [-0.3, -0.25) is 19.7 Å². The van der Waals surface area contributed by atoms with Gasteiger partial charge in [-0.2, -0.15) is 0 Å². The highest BCUT2D eigenvalue weighted by molar-refractivity contribution is 5.99. The standard InChI is InChI=1S/C26H30N6O/c1-19-13-28-23(16-27-19)25-22(26(33)30-14-20-9-5-3-6-10-20)15-29-24(31-25)18-32(2)17-21-11-7-4-8-12-21/h3-7,9-10,13,15-16,21H,8,11-12,14,17-18H2,1-2H3,(H,30,33)/t21-/m0/s1. The Hall–Kier alpha value is -3.45. The van der Waals surface area contributed by atoms with E-state index in [4.69, 9.17) is 4.98 Å². The van der Waals surface area contributed by atoms with E-state index in [1.165, 1.54) is 6.42 Å². The lowest BCUT2D eigenvalue weighted by molar-refractivity contribution is 0.0950. The van der Waals surface area contributed by atoms with Crippen LogP contribution in [0.4, 0.5) is 0 Å². The topological polar surface area (TPSA) is 83.9 Å². The highest BCUT2D eigenvalue weighted by Crippen LogP contribution is 2.21. The molecule has 1 aromatic carbocycles. The van der Waals surface area contributed by atoms with Gasteiger partial charge in [-0.25, -0.2) is 9.97 Å². The largest absolute Gasteiger partial charge is 0.348 e. The highest BCUT2D eigenvalue weighted by atomic mass is 16.1. The number of allylic oxidation sites excluding steroid dienone is 2. The predicted octanol–water partition coefficient (Wildman–Crippen LogP) is 3.96. The fraction of sp³-hybridized carbons (Fsp3) is 0.346. The number of nitrogens with zero attached hydrogens (tertiary/aromatic N) is 5. The van der Waals surface area contributed by atoms with Crippen LogP contribution in [0.5, 0.6) is 0 Å². The van der Waals surface area contributed by atoms with Crippen LogP contribution in [0.1, 0.15) is 46.7 Å². The SMILES string of the molecule is Cc1cnc(-c2nc(CN(C)C[C@H]3CC=CCC3)ncc2C(=O)NCc2ccccc2)cn1. The first-order valence-electron chi connectivity index (χ1n) is 11.4. The summed E-state index contributed by atoms with van der Waals surface area (Å²) in [4.78, 5) is 33.4. The van der Waals surface area contributed by atoms with Crippen molar-refractivity contribution in [2.24, 2.45) is 5.92 Å². The molecule has 0 bridgehead atoms. The first-order chi connectivity index (χ1) is 16.1. The quantitative estimate of drug-likeness (QED) is 0.532. The highest BCUT2D eigenvalue weighted by Gasteiger charge is 2.19. The predicted molar refractivity (Wildman–Crippen MR) is 128 cm³/mol. The summed E-state index contributed by atoms with van der Waals surface area (Å²) in [6, 6.07) is 9.81. The molecular weight excluding hydrogens is 412 g/mol. The number of aryl methyl sites for hydroxylation is 1. The van der Waals surface area contributed by atoms with Crippen molar-refractivity contribution in [3.63, 3.8) is 0 Å². The average Bonchev–Trinajstić information content (AvgIpc) is 2.84. The molecule has 7 heteroatoms. The van der Waals surface area contributed by atoms with Crippen LogP contribution in [-0.4, -0.2) is 44.3 Å². The Bertz CT molecular complexity index is 1100. The van der Waals surface area contributed by atoms with E-state index >= 15 is 0 Å². The lowest BCUT2D eigenvalue weighted by Gasteiger charge is -2.24. The number of nitrogens with one attached hydrogen (secondary N) is 1. The number of amides is 1. The normalized spacial score (nSPS) is 15.5. The molecule has 0 saturated carbocycles. The summed E-state index contributed by atoms with van der Waals surface area (Å²) in [6.45, 7) is 3.91. The third kappa shape index (κ3) is 6.29. The van der Waals surface area contributed by atoms with Gasteiger partial charge in [0.05, 0.1) is 24.0 Å². The number of carbonyl (C=O) groups is 1. The molecule has 33 heavy (non-hydrogen) atoms. The van der Waals surface area contributed by atoms with Crippen LogP contribution < -0.4 is 5.32 Å². The molecule has 0 radical (unpaired) electrons. The van der Waals surface area contributed by atoms with Crippen LogP contribution in [0.25, 0.3) is 11.4 Å². The van der Waals surface area contributed by atoms with Crippen LogP contribution in [0.3, 0.4) is 0 Å². The van der Waals surface area contributed by atoms with Crippen LogP contribution >= 0.6 is 0 Å². The molecule has 0 saturated heterocycles. The molecule has 2 aromatic heterocycles. The van der Waals surface area contributed by atoms with Crippen LogP contribution in [0.15, 0.2) is 61.1 Å². The molecule has 0 spiro atoms. The summed E-state index contributed by atoms with van der Waals surface area (Å²) >= 11 is 0. The zero-order chi connectivity index (χ0) is 23.0. The Labute approximate surface area is 195 Å². The van der Waals surface area contributed by atoms with E-state index in [1.807, 2.05) is 37.3 Å². The molecule has 0 unspecified atom stereocenters. The van der Waals surface area contributed by atoms with Crippen LogP contribution in [-0.2, 0) is 13.1 Å². The molecule has 0 fully saturated rings. The van der Waals surface area contributed by atoms with Gasteiger partial charge in [0, 0.05) is 25.5 Å². The minimum Gasteiger partial charge on any atom is -0.348 e. The molecule has 1 N–H and O–H groups in total. The van der Waals surface area contributed by atoms with Gasteiger partial charge in [-0.1, -0.05) is 42.5 Å². The van der Waals surface area contributed by atoms with Gasteiger partial charge in [0.2, 0.25) is 0 Å². The van der Waals surface area contributed by atoms with Crippen molar-refractivity contribution >= 4 is 5.91 Å². The molecule has 1 atom stereocenters. The van der Waals surface area contributed by atoms with E-state index in [2.05, 4.69) is 44.4 Å². The molecule has 170 valence electrons. The number of aromatic nitrogens is 4. The number of hydrogen-bond donors (Lipinski definition) is 1. The minimum absolute atomic E-state index is 0.231. The van der Waals surface area contributed by atoms with Gasteiger partial charge in [0.15, 0.2) is 0 Å². The van der Waals surface area contributed by atoms with E-state index in [9.17, 15) is 4.79 Å². The summed E-state index contributed by atoms with van der Waals surface area (Å²) in [5.41, 5.74) is 3.30. The summed E-state index contributed by atoms with van der Waals surface area (Å²) in [5, 5.41) is 2.97. The minimum atomic E-state index is -0.231. The number of carbonyl (C=O) groups excluding carboxylic acids is 1. The number of benzene rings is 1. The number of rotatable bonds is 8. The Morgan fingerprint density at radius 1 is 1.09 bits per heavy atom. The molecule has 2 heterocycles. The second-order valence-corrected chi connectivity index (χ2v) is 8.61. The average molecular weight is 443 g/mol. The van der Waals surface area contributed by atoms with Crippen molar-refractivity contribution in [2.75, 3.05) is 13.6 Å². The third-order valence-corrected chi connectivity index (χ3v) is 5.76. The van der Waals surface area contributed by atoms with Gasteiger partial charge in [-0.05, 0) is 44.7 Å². The van der Waals surface area contributed by atoms with Gasteiger partial charge >= 0.3 is 0 Å². The molecule has 7 nitrogen and oxygen atoms in total. The fourth-order valence-electron chi connectivity index (χ4n) is 4.01. The van der Waals surface area contributed by atoms with Crippen molar-refractivity contribution in [1.82, 2.24) is 30.2 Å². The van der Waals surface area contributed by atoms with Crippen molar-refractivity contribution in [2.45, 2.75) is 39.3 Å². The van der Waals surface area contributed by atoms with Crippen molar-refractivity contribution < 1.29 is 4.79 Å². The molecule has 3 aromatic rings. The second-order valence-electron chi connectivity index (χ2n) is 8.61. The maximum Gasteiger partial charge on any atom is 0.255 e. The lowest BCUT2D eigenvalue weighted by atomic mass is 9.94. The Balaban J connectivity index is 1.53. The zero-order valence-electron chi connectivity index (χ0n) is 19.2. The molecule has 0 aliphatic heterocycles. The molecule has 1 amide bonds. The van der Waals surface area contributed by atoms with Gasteiger partial charge in [0.1, 0.15) is 17.2 Å². The van der Waals surface area contributed by atoms with E-state index in [-0.39, 0.29) is 5.91 Å². The van der Waals surface area contributed by atoms with E-state index < -0.39 is 0 Å². The van der Waals surface area contributed by atoms with Gasteiger partial charge in [-0.15, -0.1) is 0 Å². The summed E-state index contributed by atoms with van der Waals surface area (Å²) in [5.74, 6) is 1.09. The Morgan fingerprint density at radius 3 is 2.67 bits per heavy atom. The summed E-state index contributed by atoms with van der Waals surface area (Å²) in [6.07, 6.45) is 13.0. The first-order valence-corrected chi connectivity index (χ1v) is 11.4. The van der Waals surface area contributed by atoms with E-state index in [0.29, 0.717) is 41.8 Å². The molecule has 1 aliphatic carbocycles. The number of hydrogen-bond acceptors (Lipinski definition) is 6. The van der Waals surface area contributed by atoms with Crippen molar-refractivity contribution in [3.8, 4) is 11.4 Å². The Morgan fingerprint density at radius 2 is 1.94 bits per heavy atom. The van der Waals surface area contributed by atoms with E-state index in [0.717, 1.165) is 30.6 Å². The van der Waals surface area contributed by atoms with Gasteiger partial charge in [0.25, 0.3) is 5.91 Å². The summed E-state index contributed by atoms with van der Waals surface area (Å²) < 4.78 is 0. The maximum atomic E-state index is 13.0.